The lowest BCUT2D eigenvalue weighted by Crippen LogP contribution is -2.65. The first kappa shape index (κ1) is 18.6. The minimum absolute atomic E-state index is 0.227. The number of fused-ring (bicyclic) bond motifs is 2. The van der Waals surface area contributed by atoms with Crippen molar-refractivity contribution in [3.63, 3.8) is 0 Å². The summed E-state index contributed by atoms with van der Waals surface area (Å²) < 4.78 is 0. The van der Waals surface area contributed by atoms with E-state index in [-0.39, 0.29) is 5.78 Å². The van der Waals surface area contributed by atoms with Gasteiger partial charge in [0.2, 0.25) is 0 Å². The first-order valence-electron chi connectivity index (χ1n) is 10.4. The molecule has 2 aliphatic heterocycles. The van der Waals surface area contributed by atoms with Crippen LogP contribution in [0, 0.1) is 16.7 Å². The first-order chi connectivity index (χ1) is 14.4. The topological polar surface area (TPSA) is 69.0 Å². The maximum absolute atomic E-state index is 13.7. The Hall–Kier alpha value is -3.39. The van der Waals surface area contributed by atoms with Crippen LogP contribution >= 0.6 is 0 Å². The highest BCUT2D eigenvalue weighted by Crippen LogP contribution is 2.51. The predicted octanol–water partition coefficient (Wildman–Crippen LogP) is 4.37. The van der Waals surface area contributed by atoms with Gasteiger partial charge in [0.1, 0.15) is 17.4 Å². The molecule has 5 rings (SSSR count). The molecule has 5 heteroatoms. The van der Waals surface area contributed by atoms with E-state index >= 15 is 0 Å². The number of nitrogens with one attached hydrogen (secondary N) is 1. The van der Waals surface area contributed by atoms with Crippen LogP contribution in [0.3, 0.4) is 0 Å². The number of Topliss-reactive ketones (excluding diaryl/α,β-unsaturated/α-hetero) is 1. The van der Waals surface area contributed by atoms with E-state index in [1.807, 2.05) is 31.2 Å². The van der Waals surface area contributed by atoms with E-state index in [4.69, 9.17) is 5.26 Å². The molecule has 30 heavy (non-hydrogen) atoms. The van der Waals surface area contributed by atoms with Crippen LogP contribution in [-0.2, 0) is 4.79 Å². The van der Waals surface area contributed by atoms with Gasteiger partial charge in [-0.2, -0.15) is 5.26 Å². The molecule has 1 fully saturated rings. The lowest BCUT2D eigenvalue weighted by molar-refractivity contribution is -0.127. The quantitative estimate of drug-likeness (QED) is 0.775. The summed E-state index contributed by atoms with van der Waals surface area (Å²) >= 11 is 0. The average Bonchev–Trinajstić information content (AvgIpc) is 2.88. The van der Waals surface area contributed by atoms with Crippen molar-refractivity contribution in [2.24, 2.45) is 5.41 Å². The fourth-order valence-corrected chi connectivity index (χ4v) is 5.12. The maximum Gasteiger partial charge on any atom is 0.174 e. The molecular weight excluding hydrogens is 372 g/mol. The summed E-state index contributed by atoms with van der Waals surface area (Å²) in [5.41, 5.74) is 4.17. The van der Waals surface area contributed by atoms with E-state index in [0.717, 1.165) is 52.8 Å². The molecule has 3 heterocycles. The van der Waals surface area contributed by atoms with E-state index in [1.54, 1.807) is 6.07 Å². The van der Waals surface area contributed by atoms with Gasteiger partial charge in [0.15, 0.2) is 5.78 Å². The Morgan fingerprint density at radius 2 is 2.07 bits per heavy atom. The second-order valence-corrected chi connectivity index (χ2v) is 8.83. The van der Waals surface area contributed by atoms with Crippen molar-refractivity contribution < 1.29 is 4.79 Å². The number of carbonyl (C=O) groups excluding carboxylic acids is 1. The molecule has 3 aliphatic rings. The summed E-state index contributed by atoms with van der Waals surface area (Å²) in [7, 11) is 0. The Labute approximate surface area is 176 Å². The van der Waals surface area contributed by atoms with Crippen molar-refractivity contribution in [3.05, 3.63) is 71.1 Å². The molecule has 1 aromatic heterocycles. The molecule has 2 atom stereocenters. The zero-order valence-electron chi connectivity index (χ0n) is 17.5. The Bertz CT molecular complexity index is 1230. The Kier molecular flexibility index (Phi) is 3.91. The molecule has 1 N–H and O–H groups in total. The summed E-state index contributed by atoms with van der Waals surface area (Å²) in [4.78, 5) is 20.4. The Balaban J connectivity index is 1.60. The van der Waals surface area contributed by atoms with Crippen molar-refractivity contribution in [2.75, 3.05) is 11.4 Å². The van der Waals surface area contributed by atoms with Gasteiger partial charge in [0, 0.05) is 35.3 Å². The lowest BCUT2D eigenvalue weighted by Gasteiger charge is -2.50. The second kappa shape index (κ2) is 6.30. The molecular formula is C25H24N4O. The third-order valence-electron chi connectivity index (χ3n) is 7.09. The van der Waals surface area contributed by atoms with E-state index in [2.05, 4.69) is 53.3 Å². The van der Waals surface area contributed by atoms with Crippen molar-refractivity contribution in [1.82, 2.24) is 10.3 Å². The normalized spacial score (nSPS) is 27.9. The molecule has 1 saturated heterocycles. The van der Waals surface area contributed by atoms with Crippen molar-refractivity contribution in [2.45, 2.75) is 39.3 Å². The monoisotopic (exact) mass is 396 g/mol. The number of allylic oxidation sites excluding steroid dienone is 5. The highest BCUT2D eigenvalue weighted by Gasteiger charge is 2.61. The van der Waals surface area contributed by atoms with E-state index in [0.29, 0.717) is 5.69 Å². The van der Waals surface area contributed by atoms with Crippen LogP contribution in [0.15, 0.2) is 65.4 Å². The predicted molar refractivity (Wildman–Crippen MR) is 118 cm³/mol. The highest BCUT2D eigenvalue weighted by atomic mass is 16.1. The van der Waals surface area contributed by atoms with Crippen molar-refractivity contribution in [1.29, 1.82) is 5.26 Å². The number of hydrogen-bond donors (Lipinski definition) is 1. The fraction of sp³-hybridized carbons (Fsp3) is 0.320. The molecule has 0 saturated carbocycles. The lowest BCUT2D eigenvalue weighted by atomic mass is 9.69. The number of nitriles is 1. The first-order valence-corrected chi connectivity index (χ1v) is 10.4. The largest absolute Gasteiger partial charge is 0.365 e. The van der Waals surface area contributed by atoms with Crippen molar-refractivity contribution >= 4 is 22.4 Å². The molecule has 5 nitrogen and oxygen atoms in total. The molecule has 0 spiro atoms. The highest BCUT2D eigenvalue weighted by molar-refractivity contribution is 6.06. The Morgan fingerprint density at radius 1 is 1.23 bits per heavy atom. The van der Waals surface area contributed by atoms with Crippen LogP contribution in [0.2, 0.25) is 0 Å². The van der Waals surface area contributed by atoms with Crippen molar-refractivity contribution in [3.8, 4) is 6.07 Å². The number of rotatable bonds is 1. The van der Waals surface area contributed by atoms with Gasteiger partial charge >= 0.3 is 0 Å². The molecule has 0 radical (unpaired) electrons. The summed E-state index contributed by atoms with van der Waals surface area (Å²) in [6.45, 7) is 7.07. The van der Waals surface area contributed by atoms with Crippen LogP contribution in [0.1, 0.15) is 39.3 Å². The minimum atomic E-state index is -0.523. The second-order valence-electron chi connectivity index (χ2n) is 8.83. The summed E-state index contributed by atoms with van der Waals surface area (Å²) in [6.07, 6.45) is 7.74. The fourth-order valence-electron chi connectivity index (χ4n) is 5.12. The maximum atomic E-state index is 13.7. The number of ketones is 1. The zero-order chi connectivity index (χ0) is 21.1. The van der Waals surface area contributed by atoms with E-state index in [1.165, 1.54) is 0 Å². The Morgan fingerprint density at radius 3 is 2.87 bits per heavy atom. The molecule has 2 aromatic rings. The average molecular weight is 396 g/mol. The van der Waals surface area contributed by atoms with Crippen LogP contribution in [0.5, 0.6) is 0 Å². The molecule has 150 valence electrons. The number of nitrogens with zero attached hydrogens (tertiary/aromatic N) is 3. The van der Waals surface area contributed by atoms with Gasteiger partial charge in [-0.15, -0.1) is 0 Å². The number of hydrogen-bond acceptors (Lipinski definition) is 5. The standard InChI is InChI=1S/C25H24N4O/c1-16-5-4-6-22-20(13-16)23(30)24(2)11-12-29(25(24,3)28-22)19-9-10-21-17(14-19)7-8-18(15-26)27-21/h4-5,7-10,13-14,28H,6,11-12H2,1-3H3/t24-,25?/m0/s1. The number of carbonyl (C=O) groups is 1. The van der Waals surface area contributed by atoms with Crippen LogP contribution in [0.4, 0.5) is 5.69 Å². The van der Waals surface area contributed by atoms with E-state index < -0.39 is 11.1 Å². The van der Waals surface area contributed by atoms with Gasteiger partial charge in [-0.25, -0.2) is 4.98 Å². The molecule has 0 bridgehead atoms. The van der Waals surface area contributed by atoms with Crippen LogP contribution in [0.25, 0.3) is 10.9 Å². The third-order valence-corrected chi connectivity index (χ3v) is 7.09. The number of anilines is 1. The molecule has 1 aliphatic carbocycles. The number of pyridine rings is 1. The molecule has 1 aromatic carbocycles. The summed E-state index contributed by atoms with van der Waals surface area (Å²) in [5, 5.41) is 13.9. The molecule has 0 amide bonds. The van der Waals surface area contributed by atoms with Gasteiger partial charge in [-0.1, -0.05) is 17.7 Å². The number of aromatic nitrogens is 1. The van der Waals surface area contributed by atoms with Gasteiger partial charge in [0.25, 0.3) is 0 Å². The van der Waals surface area contributed by atoms with Crippen LogP contribution < -0.4 is 10.2 Å². The smallest absolute Gasteiger partial charge is 0.174 e. The van der Waals surface area contributed by atoms with Gasteiger partial charge in [0.05, 0.1) is 10.9 Å². The third kappa shape index (κ3) is 2.46. The van der Waals surface area contributed by atoms with Gasteiger partial charge < -0.3 is 10.2 Å². The van der Waals surface area contributed by atoms with Crippen LogP contribution in [-0.4, -0.2) is 23.0 Å². The zero-order valence-corrected chi connectivity index (χ0v) is 17.5. The minimum Gasteiger partial charge on any atom is -0.365 e. The summed E-state index contributed by atoms with van der Waals surface area (Å²) in [6, 6.07) is 11.9. The van der Waals surface area contributed by atoms with Gasteiger partial charge in [-0.3, -0.25) is 4.79 Å². The number of benzene rings is 1. The van der Waals surface area contributed by atoms with Gasteiger partial charge in [-0.05, 0) is 63.6 Å². The van der Waals surface area contributed by atoms with E-state index in [9.17, 15) is 4.79 Å². The SMILES string of the molecule is CC1=CC2=C(CC=C1)NC1(C)N(c3ccc4nc(C#N)ccc4c3)CC[C@@]1(C)C2=O. The summed E-state index contributed by atoms with van der Waals surface area (Å²) in [5.74, 6) is 0.227. The molecule has 1 unspecified atom stereocenters.